The highest BCUT2D eigenvalue weighted by atomic mass is 16.5. The molecule has 0 heterocycles. The molecule has 1 N–H and O–H groups in total. The lowest BCUT2D eigenvalue weighted by Crippen LogP contribution is -2.31. The minimum Gasteiger partial charge on any atom is -0.383 e. The monoisotopic (exact) mass is 289 g/mol. The molecule has 1 aromatic carbocycles. The van der Waals surface area contributed by atoms with Crippen molar-refractivity contribution in [2.24, 2.45) is 11.8 Å². The summed E-state index contributed by atoms with van der Waals surface area (Å²) in [6, 6.07) is 6.88. The number of rotatable bonds is 8. The minimum absolute atomic E-state index is 0.768. The molecule has 1 aliphatic carbocycles. The fourth-order valence-electron chi connectivity index (χ4n) is 3.60. The SMILES string of the molecule is COCCNCC(Cc1cc(C)ccc1C)C1CCCC1. The first-order valence-corrected chi connectivity index (χ1v) is 8.46. The van der Waals surface area contributed by atoms with Gasteiger partial charge in [0.1, 0.15) is 0 Å². The molecular weight excluding hydrogens is 258 g/mol. The van der Waals surface area contributed by atoms with E-state index in [1.54, 1.807) is 12.7 Å². The Morgan fingerprint density at radius 3 is 2.71 bits per heavy atom. The zero-order valence-electron chi connectivity index (χ0n) is 14.0. The molecule has 0 radical (unpaired) electrons. The zero-order chi connectivity index (χ0) is 15.1. The van der Waals surface area contributed by atoms with E-state index in [9.17, 15) is 0 Å². The Morgan fingerprint density at radius 2 is 2.00 bits per heavy atom. The van der Waals surface area contributed by atoms with E-state index in [2.05, 4.69) is 37.4 Å². The number of aryl methyl sites for hydroxylation is 2. The highest BCUT2D eigenvalue weighted by Gasteiger charge is 2.25. The third kappa shape index (κ3) is 5.12. The average Bonchev–Trinajstić information content (AvgIpc) is 3.00. The maximum Gasteiger partial charge on any atom is 0.0587 e. The molecular formula is C19H31NO. The molecule has 1 atom stereocenters. The molecule has 0 saturated heterocycles. The summed E-state index contributed by atoms with van der Waals surface area (Å²) in [5.41, 5.74) is 4.37. The Balaban J connectivity index is 1.98. The summed E-state index contributed by atoms with van der Waals surface area (Å²) in [7, 11) is 1.77. The smallest absolute Gasteiger partial charge is 0.0587 e. The summed E-state index contributed by atoms with van der Waals surface area (Å²) in [5, 5.41) is 3.59. The molecule has 2 rings (SSSR count). The second kappa shape index (κ2) is 8.55. The van der Waals surface area contributed by atoms with E-state index in [1.165, 1.54) is 43.2 Å². The van der Waals surface area contributed by atoms with Crippen molar-refractivity contribution in [2.45, 2.75) is 46.0 Å². The van der Waals surface area contributed by atoms with Crippen molar-refractivity contribution >= 4 is 0 Å². The van der Waals surface area contributed by atoms with Gasteiger partial charge in [0.15, 0.2) is 0 Å². The molecule has 1 fully saturated rings. The van der Waals surface area contributed by atoms with Crippen LogP contribution in [0.2, 0.25) is 0 Å². The van der Waals surface area contributed by atoms with Crippen LogP contribution in [0.4, 0.5) is 0 Å². The second-order valence-corrected chi connectivity index (χ2v) is 6.64. The minimum atomic E-state index is 0.768. The van der Waals surface area contributed by atoms with Gasteiger partial charge in [-0.05, 0) is 49.8 Å². The second-order valence-electron chi connectivity index (χ2n) is 6.64. The standard InChI is InChI=1S/C19H31NO/c1-15-8-9-16(2)18(12-15)13-19(14-20-10-11-21-3)17-6-4-5-7-17/h8-9,12,17,19-20H,4-7,10-11,13-14H2,1-3H3. The van der Waals surface area contributed by atoms with Gasteiger partial charge in [-0.1, -0.05) is 49.4 Å². The molecule has 0 aromatic heterocycles. The van der Waals surface area contributed by atoms with Crippen molar-refractivity contribution in [3.05, 3.63) is 34.9 Å². The van der Waals surface area contributed by atoms with E-state index < -0.39 is 0 Å². The average molecular weight is 289 g/mol. The molecule has 0 spiro atoms. The van der Waals surface area contributed by atoms with Gasteiger partial charge in [-0.15, -0.1) is 0 Å². The van der Waals surface area contributed by atoms with E-state index in [0.717, 1.165) is 31.5 Å². The Kier molecular flexibility index (Phi) is 6.72. The van der Waals surface area contributed by atoms with Crippen LogP contribution in [-0.2, 0) is 11.2 Å². The highest BCUT2D eigenvalue weighted by molar-refractivity contribution is 5.30. The lowest BCUT2D eigenvalue weighted by Gasteiger charge is -2.25. The first-order chi connectivity index (χ1) is 10.2. The lowest BCUT2D eigenvalue weighted by molar-refractivity contribution is 0.195. The van der Waals surface area contributed by atoms with Crippen LogP contribution in [0.15, 0.2) is 18.2 Å². The van der Waals surface area contributed by atoms with E-state index in [0.29, 0.717) is 0 Å². The maximum absolute atomic E-state index is 5.14. The quantitative estimate of drug-likeness (QED) is 0.733. The van der Waals surface area contributed by atoms with Crippen LogP contribution in [0.5, 0.6) is 0 Å². The van der Waals surface area contributed by atoms with Crippen molar-refractivity contribution in [3.63, 3.8) is 0 Å². The van der Waals surface area contributed by atoms with E-state index in [-0.39, 0.29) is 0 Å². The molecule has 1 aliphatic rings. The predicted molar refractivity (Wildman–Crippen MR) is 89.8 cm³/mol. The summed E-state index contributed by atoms with van der Waals surface area (Å²) < 4.78 is 5.14. The van der Waals surface area contributed by atoms with Crippen LogP contribution in [0.3, 0.4) is 0 Å². The van der Waals surface area contributed by atoms with Gasteiger partial charge >= 0.3 is 0 Å². The van der Waals surface area contributed by atoms with Gasteiger partial charge in [-0.25, -0.2) is 0 Å². The van der Waals surface area contributed by atoms with Crippen LogP contribution in [0, 0.1) is 25.7 Å². The van der Waals surface area contributed by atoms with Crippen LogP contribution in [0.25, 0.3) is 0 Å². The molecule has 0 amide bonds. The molecule has 0 aliphatic heterocycles. The van der Waals surface area contributed by atoms with E-state index >= 15 is 0 Å². The number of benzene rings is 1. The molecule has 21 heavy (non-hydrogen) atoms. The van der Waals surface area contributed by atoms with Gasteiger partial charge < -0.3 is 10.1 Å². The molecule has 1 saturated carbocycles. The van der Waals surface area contributed by atoms with Crippen LogP contribution in [0.1, 0.15) is 42.4 Å². The number of hydrogen-bond donors (Lipinski definition) is 1. The van der Waals surface area contributed by atoms with Gasteiger partial charge in [0.25, 0.3) is 0 Å². The summed E-state index contributed by atoms with van der Waals surface area (Å²) in [6.07, 6.45) is 6.90. The summed E-state index contributed by atoms with van der Waals surface area (Å²) in [5.74, 6) is 1.67. The van der Waals surface area contributed by atoms with Gasteiger partial charge in [0.2, 0.25) is 0 Å². The van der Waals surface area contributed by atoms with Gasteiger partial charge in [-0.3, -0.25) is 0 Å². The Bertz CT molecular complexity index is 424. The Morgan fingerprint density at radius 1 is 1.24 bits per heavy atom. The normalized spacial score (nSPS) is 17.3. The van der Waals surface area contributed by atoms with Crippen molar-refractivity contribution in [1.29, 1.82) is 0 Å². The topological polar surface area (TPSA) is 21.3 Å². The summed E-state index contributed by atoms with van der Waals surface area (Å²) in [4.78, 5) is 0. The fourth-order valence-corrected chi connectivity index (χ4v) is 3.60. The predicted octanol–water partition coefficient (Wildman–Crippen LogP) is 3.89. The largest absolute Gasteiger partial charge is 0.383 e. The first kappa shape index (κ1) is 16.5. The molecule has 118 valence electrons. The Labute approximate surface area is 130 Å². The molecule has 2 nitrogen and oxygen atoms in total. The fraction of sp³-hybridized carbons (Fsp3) is 0.684. The third-order valence-corrected chi connectivity index (χ3v) is 4.94. The van der Waals surface area contributed by atoms with Crippen molar-refractivity contribution in [2.75, 3.05) is 26.8 Å². The van der Waals surface area contributed by atoms with E-state index in [1.807, 2.05) is 0 Å². The first-order valence-electron chi connectivity index (χ1n) is 8.46. The molecule has 2 heteroatoms. The maximum atomic E-state index is 5.14. The van der Waals surface area contributed by atoms with Gasteiger partial charge in [-0.2, -0.15) is 0 Å². The third-order valence-electron chi connectivity index (χ3n) is 4.94. The highest BCUT2D eigenvalue weighted by Crippen LogP contribution is 2.33. The molecule has 0 bridgehead atoms. The Hall–Kier alpha value is -0.860. The number of hydrogen-bond acceptors (Lipinski definition) is 2. The number of methoxy groups -OCH3 is 1. The molecule has 1 aromatic rings. The van der Waals surface area contributed by atoms with Crippen LogP contribution < -0.4 is 5.32 Å². The number of ether oxygens (including phenoxy) is 1. The molecule has 1 unspecified atom stereocenters. The van der Waals surface area contributed by atoms with E-state index in [4.69, 9.17) is 4.74 Å². The van der Waals surface area contributed by atoms with Gasteiger partial charge in [0.05, 0.1) is 6.61 Å². The zero-order valence-corrected chi connectivity index (χ0v) is 14.0. The van der Waals surface area contributed by atoms with Gasteiger partial charge in [0, 0.05) is 13.7 Å². The number of nitrogens with one attached hydrogen (secondary N) is 1. The lowest BCUT2D eigenvalue weighted by atomic mass is 9.84. The van der Waals surface area contributed by atoms with Crippen molar-refractivity contribution in [3.8, 4) is 0 Å². The summed E-state index contributed by atoms with van der Waals surface area (Å²) in [6.45, 7) is 7.35. The van der Waals surface area contributed by atoms with Crippen LogP contribution in [-0.4, -0.2) is 26.8 Å². The summed E-state index contributed by atoms with van der Waals surface area (Å²) >= 11 is 0. The van der Waals surface area contributed by atoms with Crippen molar-refractivity contribution in [1.82, 2.24) is 5.32 Å². The van der Waals surface area contributed by atoms with Crippen LogP contribution >= 0.6 is 0 Å². The van der Waals surface area contributed by atoms with Crippen molar-refractivity contribution < 1.29 is 4.74 Å².